The number of rotatable bonds is 8. The molecule has 2 rings (SSSR count). The number of aryl methyl sites for hydroxylation is 3. The Hall–Kier alpha value is -2.13. The largest absolute Gasteiger partial charge is 0.465 e. The van der Waals surface area contributed by atoms with Crippen LogP contribution in [0.4, 0.5) is 0 Å². The Bertz CT molecular complexity index is 901. The molecule has 0 aliphatic rings. The fourth-order valence-corrected chi connectivity index (χ4v) is 4.53. The SMILES string of the molecule is CCC(CC)(c1ccc(CCC(O)C(C)(C)C)c(C)c1)c1ccc(C(=O)OC)c(C)c1. The average molecular weight is 425 g/mol. The molecule has 2 aromatic rings. The van der Waals surface area contributed by atoms with Gasteiger partial charge in [0.25, 0.3) is 0 Å². The summed E-state index contributed by atoms with van der Waals surface area (Å²) in [5.74, 6) is -0.291. The van der Waals surface area contributed by atoms with Crippen LogP contribution in [0, 0.1) is 19.3 Å². The van der Waals surface area contributed by atoms with Crippen LogP contribution in [0.1, 0.15) is 92.1 Å². The molecule has 0 fully saturated rings. The summed E-state index contributed by atoms with van der Waals surface area (Å²) in [6, 6.07) is 12.9. The lowest BCUT2D eigenvalue weighted by molar-refractivity contribution is 0.0559. The van der Waals surface area contributed by atoms with Gasteiger partial charge in [0.05, 0.1) is 18.8 Å². The van der Waals surface area contributed by atoms with Gasteiger partial charge in [-0.05, 0) is 78.8 Å². The first-order chi connectivity index (χ1) is 14.5. The Morgan fingerprint density at radius 2 is 1.52 bits per heavy atom. The highest BCUT2D eigenvalue weighted by Crippen LogP contribution is 2.40. The van der Waals surface area contributed by atoms with E-state index in [1.54, 1.807) is 0 Å². The zero-order chi connectivity index (χ0) is 23.4. The number of aliphatic hydroxyl groups is 1. The summed E-state index contributed by atoms with van der Waals surface area (Å²) in [5, 5.41) is 10.4. The van der Waals surface area contributed by atoms with Crippen LogP contribution in [0.5, 0.6) is 0 Å². The number of benzene rings is 2. The number of hydrogen-bond acceptors (Lipinski definition) is 3. The summed E-state index contributed by atoms with van der Waals surface area (Å²) in [6.07, 6.45) is 3.28. The van der Waals surface area contributed by atoms with E-state index < -0.39 is 0 Å². The van der Waals surface area contributed by atoms with E-state index >= 15 is 0 Å². The van der Waals surface area contributed by atoms with Crippen molar-refractivity contribution in [1.29, 1.82) is 0 Å². The highest BCUT2D eigenvalue weighted by molar-refractivity contribution is 5.91. The molecule has 0 aromatic heterocycles. The van der Waals surface area contributed by atoms with Gasteiger partial charge in [0, 0.05) is 5.41 Å². The Balaban J connectivity index is 2.40. The van der Waals surface area contributed by atoms with Crippen LogP contribution in [-0.2, 0) is 16.6 Å². The predicted molar refractivity (Wildman–Crippen MR) is 129 cm³/mol. The second-order valence-corrected chi connectivity index (χ2v) is 9.87. The number of hydrogen-bond donors (Lipinski definition) is 1. The van der Waals surface area contributed by atoms with Gasteiger partial charge in [0.1, 0.15) is 0 Å². The van der Waals surface area contributed by atoms with Crippen LogP contribution >= 0.6 is 0 Å². The first kappa shape index (κ1) is 25.1. The van der Waals surface area contributed by atoms with Gasteiger partial charge >= 0.3 is 5.97 Å². The summed E-state index contributed by atoms with van der Waals surface area (Å²) < 4.78 is 4.91. The maximum absolute atomic E-state index is 12.0. The van der Waals surface area contributed by atoms with E-state index in [-0.39, 0.29) is 22.9 Å². The summed E-state index contributed by atoms with van der Waals surface area (Å²) in [7, 11) is 1.42. The van der Waals surface area contributed by atoms with Gasteiger partial charge in [-0.1, -0.05) is 65.0 Å². The van der Waals surface area contributed by atoms with E-state index in [0.29, 0.717) is 5.56 Å². The average Bonchev–Trinajstić information content (AvgIpc) is 2.73. The summed E-state index contributed by atoms with van der Waals surface area (Å²) in [4.78, 5) is 12.0. The van der Waals surface area contributed by atoms with E-state index in [4.69, 9.17) is 4.74 Å². The molecule has 0 aliphatic carbocycles. The zero-order valence-electron chi connectivity index (χ0n) is 20.6. The fourth-order valence-electron chi connectivity index (χ4n) is 4.53. The predicted octanol–water partition coefficient (Wildman–Crippen LogP) is 6.54. The number of ether oxygens (including phenoxy) is 1. The Morgan fingerprint density at radius 3 is 1.97 bits per heavy atom. The number of carbonyl (C=O) groups is 1. The highest BCUT2D eigenvalue weighted by Gasteiger charge is 2.32. The Kier molecular flexibility index (Phi) is 8.10. The molecule has 2 aromatic carbocycles. The minimum Gasteiger partial charge on any atom is -0.465 e. The van der Waals surface area contributed by atoms with Crippen molar-refractivity contribution in [2.45, 2.75) is 85.7 Å². The molecule has 0 radical (unpaired) electrons. The van der Waals surface area contributed by atoms with Gasteiger partial charge < -0.3 is 9.84 Å². The van der Waals surface area contributed by atoms with Gasteiger partial charge in [-0.15, -0.1) is 0 Å². The van der Waals surface area contributed by atoms with Crippen molar-refractivity contribution < 1.29 is 14.6 Å². The normalized spacial score (nSPS) is 13.2. The van der Waals surface area contributed by atoms with E-state index in [2.05, 4.69) is 71.9 Å². The lowest BCUT2D eigenvalue weighted by atomic mass is 9.69. The molecule has 0 amide bonds. The molecule has 0 heterocycles. The van der Waals surface area contributed by atoms with Gasteiger partial charge in [0.2, 0.25) is 0 Å². The third-order valence-electron chi connectivity index (χ3n) is 6.97. The standard InChI is InChI=1S/C28H40O3/c1-9-28(10-2,23-14-15-24(20(4)18-23)26(30)31-8)22-13-11-21(19(3)17-22)12-16-25(29)27(5,6)7/h11,13-15,17-18,25,29H,9-10,12,16H2,1-8H3. The molecule has 0 saturated heterocycles. The van der Waals surface area contributed by atoms with Crippen molar-refractivity contribution in [2.75, 3.05) is 7.11 Å². The number of aliphatic hydroxyl groups excluding tert-OH is 1. The third kappa shape index (κ3) is 5.38. The van der Waals surface area contributed by atoms with Crippen molar-refractivity contribution in [3.05, 3.63) is 69.8 Å². The second kappa shape index (κ2) is 9.99. The minimum absolute atomic E-state index is 0.0956. The van der Waals surface area contributed by atoms with Gasteiger partial charge in [-0.3, -0.25) is 0 Å². The topological polar surface area (TPSA) is 46.5 Å². The molecule has 1 unspecified atom stereocenters. The van der Waals surface area contributed by atoms with Crippen LogP contribution in [-0.4, -0.2) is 24.3 Å². The summed E-state index contributed by atoms with van der Waals surface area (Å²) in [6.45, 7) is 14.9. The van der Waals surface area contributed by atoms with Gasteiger partial charge in [0.15, 0.2) is 0 Å². The van der Waals surface area contributed by atoms with Crippen molar-refractivity contribution in [2.24, 2.45) is 5.41 Å². The van der Waals surface area contributed by atoms with E-state index in [1.807, 2.05) is 13.0 Å². The molecule has 1 N–H and O–H groups in total. The molecule has 0 spiro atoms. The molecule has 3 nitrogen and oxygen atoms in total. The van der Waals surface area contributed by atoms with E-state index in [0.717, 1.165) is 31.2 Å². The molecule has 1 atom stereocenters. The molecular formula is C28H40O3. The highest BCUT2D eigenvalue weighted by atomic mass is 16.5. The zero-order valence-corrected chi connectivity index (χ0v) is 20.6. The van der Waals surface area contributed by atoms with Crippen molar-refractivity contribution in [3.8, 4) is 0 Å². The fraction of sp³-hybridized carbons (Fsp3) is 0.536. The molecule has 170 valence electrons. The summed E-state index contributed by atoms with van der Waals surface area (Å²) in [5.41, 5.74) is 6.47. The van der Waals surface area contributed by atoms with Gasteiger partial charge in [-0.25, -0.2) is 4.79 Å². The molecule has 3 heteroatoms. The molecular weight excluding hydrogens is 384 g/mol. The smallest absolute Gasteiger partial charge is 0.338 e. The molecule has 0 saturated carbocycles. The first-order valence-corrected chi connectivity index (χ1v) is 11.5. The van der Waals surface area contributed by atoms with Crippen LogP contribution in [0.2, 0.25) is 0 Å². The number of carbonyl (C=O) groups excluding carboxylic acids is 1. The number of methoxy groups -OCH3 is 1. The Morgan fingerprint density at radius 1 is 0.968 bits per heavy atom. The van der Waals surface area contributed by atoms with Crippen LogP contribution in [0.3, 0.4) is 0 Å². The van der Waals surface area contributed by atoms with Crippen LogP contribution in [0.15, 0.2) is 36.4 Å². The molecule has 31 heavy (non-hydrogen) atoms. The third-order valence-corrected chi connectivity index (χ3v) is 6.97. The van der Waals surface area contributed by atoms with Crippen LogP contribution in [0.25, 0.3) is 0 Å². The summed E-state index contributed by atoms with van der Waals surface area (Å²) >= 11 is 0. The maximum Gasteiger partial charge on any atom is 0.338 e. The van der Waals surface area contributed by atoms with E-state index in [1.165, 1.54) is 29.4 Å². The van der Waals surface area contributed by atoms with Crippen molar-refractivity contribution in [1.82, 2.24) is 0 Å². The lowest BCUT2D eigenvalue weighted by Gasteiger charge is -2.34. The Labute approximate surface area is 188 Å². The monoisotopic (exact) mass is 424 g/mol. The number of esters is 1. The molecule has 0 bridgehead atoms. The first-order valence-electron chi connectivity index (χ1n) is 11.5. The molecule has 0 aliphatic heterocycles. The van der Waals surface area contributed by atoms with Crippen molar-refractivity contribution in [3.63, 3.8) is 0 Å². The second-order valence-electron chi connectivity index (χ2n) is 9.87. The lowest BCUT2D eigenvalue weighted by Crippen LogP contribution is -2.27. The van der Waals surface area contributed by atoms with Gasteiger partial charge in [-0.2, -0.15) is 0 Å². The quantitative estimate of drug-likeness (QED) is 0.490. The van der Waals surface area contributed by atoms with Crippen molar-refractivity contribution >= 4 is 5.97 Å². The minimum atomic E-state index is -0.312. The maximum atomic E-state index is 12.0. The van der Waals surface area contributed by atoms with E-state index in [9.17, 15) is 9.90 Å². The van der Waals surface area contributed by atoms with Crippen LogP contribution < -0.4 is 0 Å².